The summed E-state index contributed by atoms with van der Waals surface area (Å²) in [6.45, 7) is 2.76. The molecule has 3 aromatic heterocycles. The number of amides is 2. The number of hydrogen-bond acceptors (Lipinski definition) is 6. The smallest absolute Gasteiger partial charge is 0.320 e. The van der Waals surface area contributed by atoms with Crippen molar-refractivity contribution in [1.82, 2.24) is 25.3 Å². The second-order valence-electron chi connectivity index (χ2n) is 5.37. The summed E-state index contributed by atoms with van der Waals surface area (Å²) in [4.78, 5) is 29.2. The van der Waals surface area contributed by atoms with E-state index in [2.05, 4.69) is 37.5 Å². The molecule has 0 aliphatic carbocycles. The van der Waals surface area contributed by atoms with Gasteiger partial charge in [0.2, 0.25) is 0 Å². The molecule has 0 aromatic carbocycles. The molecular weight excluding hydrogens is 360 g/mol. The van der Waals surface area contributed by atoms with Crippen molar-refractivity contribution in [1.29, 1.82) is 0 Å². The van der Waals surface area contributed by atoms with Crippen molar-refractivity contribution in [2.75, 3.05) is 11.9 Å². The molecular formula is C16H17ClN6OS. The van der Waals surface area contributed by atoms with Crippen molar-refractivity contribution < 1.29 is 4.79 Å². The van der Waals surface area contributed by atoms with Crippen molar-refractivity contribution in [2.45, 2.75) is 26.2 Å². The number of urea groups is 1. The number of halogens is 1. The summed E-state index contributed by atoms with van der Waals surface area (Å²) in [7, 11) is 0. The Morgan fingerprint density at radius 1 is 1.20 bits per heavy atom. The number of fused-ring (bicyclic) bond motifs is 1. The Bertz CT molecular complexity index is 884. The molecule has 0 saturated heterocycles. The molecule has 3 heterocycles. The van der Waals surface area contributed by atoms with E-state index in [4.69, 9.17) is 11.6 Å². The standard InChI is InChI=1S/C16H17ClN6OS/c1-2-3-4-7-18-16(24)23-13-6-5-10-14(22-13)20-11(8-19-10)12-9-25-15(17)21-12/h5-6,8-9H,2-4,7H2,1H3,(H2,18,20,22,23,24). The third-order valence-corrected chi connectivity index (χ3v) is 4.43. The summed E-state index contributed by atoms with van der Waals surface area (Å²) in [5.74, 6) is 0.420. The molecule has 0 unspecified atom stereocenters. The first kappa shape index (κ1) is 17.5. The van der Waals surface area contributed by atoms with Crippen LogP contribution in [0.5, 0.6) is 0 Å². The van der Waals surface area contributed by atoms with E-state index in [1.807, 2.05) is 5.38 Å². The lowest BCUT2D eigenvalue weighted by atomic mass is 10.2. The van der Waals surface area contributed by atoms with Crippen molar-refractivity contribution in [3.05, 3.63) is 28.2 Å². The molecule has 0 atom stereocenters. The zero-order valence-corrected chi connectivity index (χ0v) is 15.2. The van der Waals surface area contributed by atoms with Crippen LogP contribution in [0.1, 0.15) is 26.2 Å². The predicted octanol–water partition coefficient (Wildman–Crippen LogP) is 4.11. The molecule has 0 bridgehead atoms. The molecule has 3 rings (SSSR count). The highest BCUT2D eigenvalue weighted by molar-refractivity contribution is 7.14. The van der Waals surface area contributed by atoms with Crippen LogP contribution in [0.25, 0.3) is 22.6 Å². The summed E-state index contributed by atoms with van der Waals surface area (Å²) in [5.41, 5.74) is 2.31. The topological polar surface area (TPSA) is 92.7 Å². The van der Waals surface area contributed by atoms with Crippen LogP contribution in [0.4, 0.5) is 10.6 Å². The number of anilines is 1. The van der Waals surface area contributed by atoms with E-state index in [9.17, 15) is 4.79 Å². The highest BCUT2D eigenvalue weighted by Gasteiger charge is 2.09. The summed E-state index contributed by atoms with van der Waals surface area (Å²) in [6, 6.07) is 3.18. The van der Waals surface area contributed by atoms with Gasteiger partial charge in [-0.05, 0) is 18.6 Å². The van der Waals surface area contributed by atoms with Crippen molar-refractivity contribution in [3.8, 4) is 11.4 Å². The van der Waals surface area contributed by atoms with Crippen molar-refractivity contribution in [2.24, 2.45) is 0 Å². The maximum atomic E-state index is 11.9. The Morgan fingerprint density at radius 3 is 2.84 bits per heavy atom. The molecule has 7 nitrogen and oxygen atoms in total. The maximum Gasteiger partial charge on any atom is 0.320 e. The van der Waals surface area contributed by atoms with Crippen LogP contribution in [-0.2, 0) is 0 Å². The van der Waals surface area contributed by atoms with Crippen LogP contribution in [0.15, 0.2) is 23.7 Å². The monoisotopic (exact) mass is 376 g/mol. The van der Waals surface area contributed by atoms with Gasteiger partial charge in [0.25, 0.3) is 0 Å². The summed E-state index contributed by atoms with van der Waals surface area (Å²) in [6.07, 6.45) is 4.79. The Balaban J connectivity index is 1.73. The van der Waals surface area contributed by atoms with Gasteiger partial charge in [-0.15, -0.1) is 11.3 Å². The quantitative estimate of drug-likeness (QED) is 0.631. The van der Waals surface area contributed by atoms with Gasteiger partial charge in [-0.2, -0.15) is 0 Å². The molecule has 9 heteroatoms. The van der Waals surface area contributed by atoms with Gasteiger partial charge in [-0.25, -0.2) is 19.7 Å². The van der Waals surface area contributed by atoms with E-state index in [-0.39, 0.29) is 6.03 Å². The van der Waals surface area contributed by atoms with E-state index in [1.165, 1.54) is 11.3 Å². The van der Waals surface area contributed by atoms with Crippen LogP contribution in [-0.4, -0.2) is 32.5 Å². The normalized spacial score (nSPS) is 10.8. The molecule has 130 valence electrons. The van der Waals surface area contributed by atoms with Gasteiger partial charge in [0.15, 0.2) is 10.1 Å². The predicted molar refractivity (Wildman–Crippen MR) is 100.0 cm³/mol. The first-order valence-corrected chi connectivity index (χ1v) is 9.21. The van der Waals surface area contributed by atoms with Gasteiger partial charge in [0.05, 0.1) is 6.20 Å². The third kappa shape index (κ3) is 4.61. The Kier molecular flexibility index (Phi) is 5.72. The van der Waals surface area contributed by atoms with Crippen LogP contribution in [0.2, 0.25) is 4.47 Å². The minimum absolute atomic E-state index is 0.279. The van der Waals surface area contributed by atoms with Gasteiger partial charge in [0.1, 0.15) is 22.7 Å². The molecule has 2 N–H and O–H groups in total. The number of hydrogen-bond donors (Lipinski definition) is 2. The van der Waals surface area contributed by atoms with E-state index in [0.29, 0.717) is 39.4 Å². The van der Waals surface area contributed by atoms with Crippen molar-refractivity contribution >= 4 is 46.0 Å². The van der Waals surface area contributed by atoms with Gasteiger partial charge in [-0.1, -0.05) is 31.4 Å². The number of rotatable bonds is 6. The number of thiazole rings is 1. The third-order valence-electron chi connectivity index (χ3n) is 3.45. The zero-order valence-electron chi connectivity index (χ0n) is 13.6. The van der Waals surface area contributed by atoms with Gasteiger partial charge >= 0.3 is 6.03 Å². The van der Waals surface area contributed by atoms with Gasteiger partial charge < -0.3 is 5.32 Å². The lowest BCUT2D eigenvalue weighted by molar-refractivity contribution is 0.252. The first-order chi connectivity index (χ1) is 12.2. The van der Waals surface area contributed by atoms with Crippen LogP contribution in [0, 0.1) is 0 Å². The molecule has 0 saturated carbocycles. The lowest BCUT2D eigenvalue weighted by Gasteiger charge is -2.07. The second-order valence-corrected chi connectivity index (χ2v) is 6.81. The van der Waals surface area contributed by atoms with Gasteiger partial charge in [0, 0.05) is 11.9 Å². The highest BCUT2D eigenvalue weighted by atomic mass is 35.5. The maximum absolute atomic E-state index is 11.9. The van der Waals surface area contributed by atoms with E-state index < -0.39 is 0 Å². The fourth-order valence-electron chi connectivity index (χ4n) is 2.20. The number of carbonyl (C=O) groups is 1. The summed E-state index contributed by atoms with van der Waals surface area (Å²) in [5, 5.41) is 7.32. The number of unbranched alkanes of at least 4 members (excludes halogenated alkanes) is 2. The number of aromatic nitrogens is 4. The Morgan fingerprint density at radius 2 is 2.08 bits per heavy atom. The average molecular weight is 377 g/mol. The highest BCUT2D eigenvalue weighted by Crippen LogP contribution is 2.24. The van der Waals surface area contributed by atoms with Gasteiger partial charge in [-0.3, -0.25) is 10.3 Å². The Labute approximate surface area is 153 Å². The molecule has 2 amide bonds. The largest absolute Gasteiger partial charge is 0.338 e. The number of carbonyl (C=O) groups excluding carboxylic acids is 1. The molecule has 25 heavy (non-hydrogen) atoms. The number of nitrogens with zero attached hydrogens (tertiary/aromatic N) is 4. The summed E-state index contributed by atoms with van der Waals surface area (Å²) >= 11 is 7.19. The van der Waals surface area contributed by atoms with Crippen LogP contribution < -0.4 is 10.6 Å². The molecule has 0 fully saturated rings. The van der Waals surface area contributed by atoms with Crippen LogP contribution in [0.3, 0.4) is 0 Å². The first-order valence-electron chi connectivity index (χ1n) is 7.96. The SMILES string of the molecule is CCCCCNC(=O)Nc1ccc2ncc(-c3csc(Cl)n3)nc2n1. The Hall–Kier alpha value is -2.32. The lowest BCUT2D eigenvalue weighted by Crippen LogP contribution is -2.29. The average Bonchev–Trinajstić information content (AvgIpc) is 3.04. The molecule has 0 aliphatic rings. The minimum atomic E-state index is -0.279. The fourth-order valence-corrected chi connectivity index (χ4v) is 2.96. The zero-order chi connectivity index (χ0) is 17.6. The number of pyridine rings is 1. The van der Waals surface area contributed by atoms with E-state index in [1.54, 1.807) is 18.3 Å². The van der Waals surface area contributed by atoms with Crippen molar-refractivity contribution in [3.63, 3.8) is 0 Å². The molecule has 0 radical (unpaired) electrons. The van der Waals surface area contributed by atoms with E-state index in [0.717, 1.165) is 19.3 Å². The van der Waals surface area contributed by atoms with E-state index >= 15 is 0 Å². The minimum Gasteiger partial charge on any atom is -0.338 e. The number of nitrogens with one attached hydrogen (secondary N) is 2. The molecule has 0 aliphatic heterocycles. The molecule has 3 aromatic rings. The fraction of sp³-hybridized carbons (Fsp3) is 0.312. The second kappa shape index (κ2) is 8.17. The summed E-state index contributed by atoms with van der Waals surface area (Å²) < 4.78 is 0.444. The van der Waals surface area contributed by atoms with Crippen LogP contribution >= 0.6 is 22.9 Å². The molecule has 0 spiro atoms.